The van der Waals surface area contributed by atoms with Crippen LogP contribution in [0.1, 0.15) is 11.6 Å². The summed E-state index contributed by atoms with van der Waals surface area (Å²) in [5, 5.41) is 2.88. The summed E-state index contributed by atoms with van der Waals surface area (Å²) in [7, 11) is 5.46. The zero-order chi connectivity index (χ0) is 14.3. The lowest BCUT2D eigenvalue weighted by molar-refractivity contribution is -0.130. The summed E-state index contributed by atoms with van der Waals surface area (Å²) in [5.74, 6) is -0.173. The second-order valence-corrected chi connectivity index (χ2v) is 4.60. The van der Waals surface area contributed by atoms with Crippen LogP contribution in [0.25, 0.3) is 0 Å². The number of benzene rings is 1. The highest BCUT2D eigenvalue weighted by Gasteiger charge is 2.19. The van der Waals surface area contributed by atoms with Crippen LogP contribution in [-0.4, -0.2) is 51.2 Å². The van der Waals surface area contributed by atoms with Gasteiger partial charge in [-0.3, -0.25) is 4.79 Å². The molecule has 0 saturated carbocycles. The standard InChI is InChI=1S/C14H23N3O2.2ClH/c1-17(2)12(11-7-5-4-6-8-11)10-16-14(18)13(9-15)19-3;;/h4-8,12-13H,9-10,15H2,1-3H3,(H,16,18);2*1H. The Labute approximate surface area is 139 Å². The van der Waals surface area contributed by atoms with E-state index in [1.165, 1.54) is 7.11 Å². The number of nitrogens with two attached hydrogens (primary N) is 1. The first kappa shape index (κ1) is 22.4. The van der Waals surface area contributed by atoms with Crippen LogP contribution in [-0.2, 0) is 9.53 Å². The fraction of sp³-hybridized carbons (Fsp3) is 0.500. The van der Waals surface area contributed by atoms with Crippen LogP contribution in [0.3, 0.4) is 0 Å². The lowest BCUT2D eigenvalue weighted by Gasteiger charge is -2.25. The number of carbonyl (C=O) groups is 1. The number of likely N-dealkylation sites (N-methyl/N-ethyl adjacent to an activating group) is 1. The van der Waals surface area contributed by atoms with Crippen molar-refractivity contribution in [3.8, 4) is 0 Å². The Hall–Kier alpha value is -0.850. The third kappa shape index (κ3) is 7.11. The number of nitrogens with zero attached hydrogens (tertiary/aromatic N) is 1. The van der Waals surface area contributed by atoms with Gasteiger partial charge in [0.2, 0.25) is 0 Å². The molecule has 1 aromatic rings. The normalized spacial score (nSPS) is 12.8. The topological polar surface area (TPSA) is 67.6 Å². The van der Waals surface area contributed by atoms with E-state index in [0.29, 0.717) is 6.54 Å². The molecule has 0 spiro atoms. The maximum atomic E-state index is 11.8. The number of ether oxygens (including phenoxy) is 1. The lowest BCUT2D eigenvalue weighted by atomic mass is 10.1. The second-order valence-electron chi connectivity index (χ2n) is 4.60. The Bertz CT molecular complexity index is 387. The molecule has 1 rings (SSSR count). The van der Waals surface area contributed by atoms with Crippen molar-refractivity contribution in [1.29, 1.82) is 0 Å². The maximum absolute atomic E-state index is 11.8. The van der Waals surface area contributed by atoms with E-state index < -0.39 is 6.10 Å². The Morgan fingerprint density at radius 2 is 1.86 bits per heavy atom. The number of carbonyl (C=O) groups excluding carboxylic acids is 1. The van der Waals surface area contributed by atoms with Crippen molar-refractivity contribution in [2.45, 2.75) is 12.1 Å². The second kappa shape index (κ2) is 11.8. The molecular formula is C14H25Cl2N3O2. The number of halogens is 2. The molecule has 0 bridgehead atoms. The summed E-state index contributed by atoms with van der Waals surface area (Å²) in [6.45, 7) is 0.704. The molecule has 1 aromatic carbocycles. The van der Waals surface area contributed by atoms with Gasteiger partial charge in [-0.2, -0.15) is 0 Å². The predicted molar refractivity (Wildman–Crippen MR) is 90.2 cm³/mol. The molecule has 5 nitrogen and oxygen atoms in total. The maximum Gasteiger partial charge on any atom is 0.250 e. The van der Waals surface area contributed by atoms with Gasteiger partial charge in [-0.1, -0.05) is 30.3 Å². The van der Waals surface area contributed by atoms with Crippen molar-refractivity contribution in [3.05, 3.63) is 35.9 Å². The fourth-order valence-corrected chi connectivity index (χ4v) is 1.90. The van der Waals surface area contributed by atoms with Crippen LogP contribution >= 0.6 is 24.8 Å². The van der Waals surface area contributed by atoms with E-state index in [-0.39, 0.29) is 43.3 Å². The molecule has 0 aliphatic carbocycles. The van der Waals surface area contributed by atoms with Gasteiger partial charge in [0.05, 0.1) is 6.04 Å². The van der Waals surface area contributed by atoms with Crippen molar-refractivity contribution in [3.63, 3.8) is 0 Å². The molecule has 122 valence electrons. The highest BCUT2D eigenvalue weighted by molar-refractivity contribution is 5.85. The number of nitrogens with one attached hydrogen (secondary N) is 1. The van der Waals surface area contributed by atoms with E-state index in [2.05, 4.69) is 10.2 Å². The van der Waals surface area contributed by atoms with E-state index in [1.807, 2.05) is 44.4 Å². The largest absolute Gasteiger partial charge is 0.370 e. The van der Waals surface area contributed by atoms with Gasteiger partial charge in [0.15, 0.2) is 0 Å². The first-order chi connectivity index (χ1) is 9.10. The highest BCUT2D eigenvalue weighted by atomic mass is 35.5. The number of hydrogen-bond donors (Lipinski definition) is 2. The van der Waals surface area contributed by atoms with Gasteiger partial charge in [-0.15, -0.1) is 24.8 Å². The predicted octanol–water partition coefficient (Wildman–Crippen LogP) is 1.22. The van der Waals surface area contributed by atoms with E-state index in [1.54, 1.807) is 0 Å². The van der Waals surface area contributed by atoms with Crippen molar-refractivity contribution >= 4 is 30.7 Å². The minimum atomic E-state index is -0.585. The fourth-order valence-electron chi connectivity index (χ4n) is 1.90. The molecule has 0 heterocycles. The molecule has 3 N–H and O–H groups in total. The molecule has 0 aliphatic rings. The van der Waals surface area contributed by atoms with Crippen LogP contribution in [0.5, 0.6) is 0 Å². The molecule has 0 aromatic heterocycles. The summed E-state index contributed by atoms with van der Waals surface area (Å²) in [6.07, 6.45) is -0.585. The minimum Gasteiger partial charge on any atom is -0.370 e. The van der Waals surface area contributed by atoms with Crippen LogP contribution in [0, 0.1) is 0 Å². The Morgan fingerprint density at radius 3 is 2.29 bits per heavy atom. The molecule has 7 heteroatoms. The zero-order valence-corrected chi connectivity index (χ0v) is 14.2. The number of amides is 1. The Kier molecular flexibility index (Phi) is 12.6. The summed E-state index contributed by atoms with van der Waals surface area (Å²) in [5.41, 5.74) is 6.63. The number of methoxy groups -OCH3 is 1. The van der Waals surface area contributed by atoms with Gasteiger partial charge >= 0.3 is 0 Å². The molecule has 1 amide bonds. The lowest BCUT2D eigenvalue weighted by Crippen LogP contribution is -2.43. The first-order valence-corrected chi connectivity index (χ1v) is 6.32. The third-order valence-electron chi connectivity index (χ3n) is 3.07. The van der Waals surface area contributed by atoms with E-state index >= 15 is 0 Å². The molecule has 0 fully saturated rings. The number of rotatable bonds is 7. The Balaban J connectivity index is 0. The van der Waals surface area contributed by atoms with E-state index in [4.69, 9.17) is 10.5 Å². The van der Waals surface area contributed by atoms with Crippen molar-refractivity contribution in [1.82, 2.24) is 10.2 Å². The summed E-state index contributed by atoms with van der Waals surface area (Å²) >= 11 is 0. The molecule has 0 aliphatic heterocycles. The monoisotopic (exact) mass is 337 g/mol. The zero-order valence-electron chi connectivity index (χ0n) is 12.6. The van der Waals surface area contributed by atoms with Crippen molar-refractivity contribution in [2.75, 3.05) is 34.3 Å². The summed E-state index contributed by atoms with van der Waals surface area (Å²) in [4.78, 5) is 13.9. The molecular weight excluding hydrogens is 313 g/mol. The third-order valence-corrected chi connectivity index (χ3v) is 3.07. The smallest absolute Gasteiger partial charge is 0.250 e. The molecule has 0 radical (unpaired) electrons. The van der Waals surface area contributed by atoms with Crippen molar-refractivity contribution in [2.24, 2.45) is 5.73 Å². The molecule has 21 heavy (non-hydrogen) atoms. The van der Waals surface area contributed by atoms with Gasteiger partial charge in [0.25, 0.3) is 5.91 Å². The average molecular weight is 338 g/mol. The summed E-state index contributed by atoms with van der Waals surface area (Å²) < 4.78 is 5.01. The highest BCUT2D eigenvalue weighted by Crippen LogP contribution is 2.16. The SMILES string of the molecule is COC(CN)C(=O)NCC(c1ccccc1)N(C)C.Cl.Cl. The Morgan fingerprint density at radius 1 is 1.29 bits per heavy atom. The van der Waals surface area contributed by atoms with E-state index in [0.717, 1.165) is 5.56 Å². The van der Waals surface area contributed by atoms with Crippen LogP contribution in [0.2, 0.25) is 0 Å². The first-order valence-electron chi connectivity index (χ1n) is 6.32. The van der Waals surface area contributed by atoms with Crippen LogP contribution in [0.4, 0.5) is 0 Å². The minimum absolute atomic E-state index is 0. The molecule has 2 unspecified atom stereocenters. The van der Waals surface area contributed by atoms with Crippen LogP contribution < -0.4 is 11.1 Å². The molecule has 2 atom stereocenters. The van der Waals surface area contributed by atoms with Crippen LogP contribution in [0.15, 0.2) is 30.3 Å². The van der Waals surface area contributed by atoms with Gasteiger partial charge in [-0.25, -0.2) is 0 Å². The summed E-state index contributed by atoms with van der Waals surface area (Å²) in [6, 6.07) is 10.2. The quantitative estimate of drug-likeness (QED) is 0.785. The van der Waals surface area contributed by atoms with Gasteiger partial charge in [0.1, 0.15) is 6.10 Å². The van der Waals surface area contributed by atoms with Gasteiger partial charge in [-0.05, 0) is 19.7 Å². The average Bonchev–Trinajstić information content (AvgIpc) is 2.41. The van der Waals surface area contributed by atoms with E-state index in [9.17, 15) is 4.79 Å². The number of hydrogen-bond acceptors (Lipinski definition) is 4. The van der Waals surface area contributed by atoms with Gasteiger partial charge < -0.3 is 20.7 Å². The van der Waals surface area contributed by atoms with Crippen molar-refractivity contribution < 1.29 is 9.53 Å². The molecule has 0 saturated heterocycles. The van der Waals surface area contributed by atoms with Gasteiger partial charge in [0, 0.05) is 20.2 Å².